The minimum Gasteiger partial charge on any atom is -0.398 e. The van der Waals surface area contributed by atoms with Crippen LogP contribution in [0.25, 0.3) is 0 Å². The number of hydrogen-bond acceptors (Lipinski definition) is 3. The number of nitrogens with one attached hydrogen (secondary N) is 1. The maximum atomic E-state index is 12.0. The number of aryl methyl sites for hydroxylation is 2. The zero-order valence-electron chi connectivity index (χ0n) is 10.8. The van der Waals surface area contributed by atoms with Crippen LogP contribution >= 0.6 is 11.6 Å². The molecule has 0 unspecified atom stereocenters. The number of anilines is 1. The van der Waals surface area contributed by atoms with Gasteiger partial charge in [0.1, 0.15) is 0 Å². The minimum absolute atomic E-state index is 0.188. The molecule has 0 atom stereocenters. The average molecular weight is 279 g/mol. The molecule has 0 aliphatic rings. The van der Waals surface area contributed by atoms with E-state index in [4.69, 9.17) is 17.3 Å². The van der Waals surface area contributed by atoms with Gasteiger partial charge < -0.3 is 11.1 Å². The Labute approximate surface area is 116 Å². The lowest BCUT2D eigenvalue weighted by atomic mass is 10.2. The summed E-state index contributed by atoms with van der Waals surface area (Å²) >= 11 is 5.81. The molecule has 1 amide bonds. The van der Waals surface area contributed by atoms with Gasteiger partial charge in [0.15, 0.2) is 0 Å². The zero-order valence-corrected chi connectivity index (χ0v) is 11.5. The highest BCUT2D eigenvalue weighted by Crippen LogP contribution is 2.19. The highest BCUT2D eigenvalue weighted by Gasteiger charge is 2.09. The summed E-state index contributed by atoms with van der Waals surface area (Å²) in [4.78, 5) is 12.0. The molecule has 2 aromatic rings. The fourth-order valence-corrected chi connectivity index (χ4v) is 1.90. The number of nitrogens with zero attached hydrogens (tertiary/aromatic N) is 2. The van der Waals surface area contributed by atoms with Crippen LogP contribution in [0.2, 0.25) is 5.02 Å². The van der Waals surface area contributed by atoms with Gasteiger partial charge in [-0.15, -0.1) is 0 Å². The number of halogens is 1. The van der Waals surface area contributed by atoms with E-state index < -0.39 is 0 Å². The van der Waals surface area contributed by atoms with E-state index in [1.165, 1.54) is 0 Å². The Hall–Kier alpha value is -2.01. The SMILES string of the molecule is Cc1nn(C)cc1CNC(=O)c1ccc(Cl)c(N)c1. The minimum atomic E-state index is -0.188. The molecule has 0 spiro atoms. The second kappa shape index (κ2) is 5.32. The Bertz CT molecular complexity index is 621. The van der Waals surface area contributed by atoms with Crippen molar-refractivity contribution >= 4 is 23.2 Å². The molecule has 0 fully saturated rings. The number of nitrogen functional groups attached to an aromatic ring is 1. The average Bonchev–Trinajstić information content (AvgIpc) is 2.68. The van der Waals surface area contributed by atoms with Gasteiger partial charge in [0, 0.05) is 30.9 Å². The highest BCUT2D eigenvalue weighted by molar-refractivity contribution is 6.33. The van der Waals surface area contributed by atoms with Gasteiger partial charge >= 0.3 is 0 Å². The molecule has 100 valence electrons. The standard InChI is InChI=1S/C13H15ClN4O/c1-8-10(7-18(2)17-8)6-16-13(19)9-3-4-11(14)12(15)5-9/h3-5,7H,6,15H2,1-2H3,(H,16,19). The molecule has 0 saturated heterocycles. The van der Waals surface area contributed by atoms with E-state index in [-0.39, 0.29) is 5.91 Å². The number of carbonyl (C=O) groups excluding carboxylic acids is 1. The van der Waals surface area contributed by atoms with Gasteiger partial charge in [0.2, 0.25) is 0 Å². The summed E-state index contributed by atoms with van der Waals surface area (Å²) < 4.78 is 1.72. The van der Waals surface area contributed by atoms with E-state index in [0.29, 0.717) is 22.8 Å². The van der Waals surface area contributed by atoms with Crippen molar-refractivity contribution in [2.45, 2.75) is 13.5 Å². The molecule has 6 heteroatoms. The van der Waals surface area contributed by atoms with Crippen LogP contribution in [0, 0.1) is 6.92 Å². The molecule has 1 aromatic carbocycles. The Morgan fingerprint density at radius 2 is 2.26 bits per heavy atom. The Balaban J connectivity index is 2.05. The summed E-state index contributed by atoms with van der Waals surface area (Å²) in [7, 11) is 1.85. The predicted molar refractivity (Wildman–Crippen MR) is 75.0 cm³/mol. The third-order valence-electron chi connectivity index (χ3n) is 2.81. The quantitative estimate of drug-likeness (QED) is 0.842. The molecule has 19 heavy (non-hydrogen) atoms. The maximum absolute atomic E-state index is 12.0. The van der Waals surface area contributed by atoms with E-state index in [9.17, 15) is 4.79 Å². The van der Waals surface area contributed by atoms with Gasteiger partial charge in [0.25, 0.3) is 5.91 Å². The molecular formula is C13H15ClN4O. The number of rotatable bonds is 3. The van der Waals surface area contributed by atoms with Gasteiger partial charge in [-0.1, -0.05) is 11.6 Å². The second-order valence-electron chi connectivity index (χ2n) is 4.33. The van der Waals surface area contributed by atoms with Crippen LogP contribution in [-0.2, 0) is 13.6 Å². The molecule has 0 bridgehead atoms. The highest BCUT2D eigenvalue weighted by atomic mass is 35.5. The summed E-state index contributed by atoms with van der Waals surface area (Å²) in [5.41, 5.74) is 8.44. The topological polar surface area (TPSA) is 72.9 Å². The summed E-state index contributed by atoms with van der Waals surface area (Å²) in [5, 5.41) is 7.48. The van der Waals surface area contributed by atoms with Crippen LogP contribution in [-0.4, -0.2) is 15.7 Å². The number of aromatic nitrogens is 2. The van der Waals surface area contributed by atoms with Gasteiger partial charge in [-0.2, -0.15) is 5.10 Å². The number of amides is 1. The molecule has 3 N–H and O–H groups in total. The number of benzene rings is 1. The molecular weight excluding hydrogens is 264 g/mol. The van der Waals surface area contributed by atoms with Crippen molar-refractivity contribution in [3.8, 4) is 0 Å². The first kappa shape index (κ1) is 13.4. The fourth-order valence-electron chi connectivity index (χ4n) is 1.78. The molecule has 1 aromatic heterocycles. The van der Waals surface area contributed by atoms with Crippen molar-refractivity contribution in [2.75, 3.05) is 5.73 Å². The monoisotopic (exact) mass is 278 g/mol. The first-order valence-corrected chi connectivity index (χ1v) is 6.17. The lowest BCUT2D eigenvalue weighted by Crippen LogP contribution is -2.23. The summed E-state index contributed by atoms with van der Waals surface area (Å²) in [6.45, 7) is 2.34. The summed E-state index contributed by atoms with van der Waals surface area (Å²) in [5.74, 6) is -0.188. The lowest BCUT2D eigenvalue weighted by Gasteiger charge is -2.06. The first-order valence-electron chi connectivity index (χ1n) is 5.79. The summed E-state index contributed by atoms with van der Waals surface area (Å²) in [6.07, 6.45) is 1.88. The molecule has 5 nitrogen and oxygen atoms in total. The van der Waals surface area contributed by atoms with Gasteiger partial charge in [0.05, 0.1) is 16.4 Å². The van der Waals surface area contributed by atoms with Crippen molar-refractivity contribution in [2.24, 2.45) is 7.05 Å². The Kier molecular flexibility index (Phi) is 3.76. The van der Waals surface area contributed by atoms with Crippen LogP contribution < -0.4 is 11.1 Å². The third kappa shape index (κ3) is 3.06. The van der Waals surface area contributed by atoms with Gasteiger partial charge in [-0.3, -0.25) is 9.48 Å². The van der Waals surface area contributed by atoms with E-state index in [1.807, 2.05) is 20.2 Å². The third-order valence-corrected chi connectivity index (χ3v) is 3.16. The molecule has 0 aliphatic carbocycles. The van der Waals surface area contributed by atoms with Crippen LogP contribution in [0.1, 0.15) is 21.6 Å². The molecule has 0 saturated carbocycles. The van der Waals surface area contributed by atoms with E-state index >= 15 is 0 Å². The predicted octanol–water partition coefficient (Wildman–Crippen LogP) is 1.89. The van der Waals surface area contributed by atoms with Crippen molar-refractivity contribution < 1.29 is 4.79 Å². The second-order valence-corrected chi connectivity index (χ2v) is 4.74. The van der Waals surface area contributed by atoms with E-state index in [1.54, 1.807) is 22.9 Å². The van der Waals surface area contributed by atoms with Crippen LogP contribution in [0.5, 0.6) is 0 Å². The van der Waals surface area contributed by atoms with Crippen LogP contribution in [0.4, 0.5) is 5.69 Å². The fraction of sp³-hybridized carbons (Fsp3) is 0.231. The number of carbonyl (C=O) groups is 1. The number of hydrogen-bond donors (Lipinski definition) is 2. The Morgan fingerprint density at radius 1 is 1.53 bits per heavy atom. The Morgan fingerprint density at radius 3 is 2.84 bits per heavy atom. The normalized spacial score (nSPS) is 10.5. The summed E-state index contributed by atoms with van der Waals surface area (Å²) in [6, 6.07) is 4.82. The molecule has 1 heterocycles. The lowest BCUT2D eigenvalue weighted by molar-refractivity contribution is 0.0951. The largest absolute Gasteiger partial charge is 0.398 e. The first-order chi connectivity index (χ1) is 8.97. The smallest absolute Gasteiger partial charge is 0.251 e. The molecule has 2 rings (SSSR count). The van der Waals surface area contributed by atoms with Gasteiger partial charge in [-0.05, 0) is 25.1 Å². The van der Waals surface area contributed by atoms with Crippen molar-refractivity contribution in [3.63, 3.8) is 0 Å². The van der Waals surface area contributed by atoms with E-state index in [0.717, 1.165) is 11.3 Å². The molecule has 0 radical (unpaired) electrons. The van der Waals surface area contributed by atoms with Crippen LogP contribution in [0.3, 0.4) is 0 Å². The van der Waals surface area contributed by atoms with Gasteiger partial charge in [-0.25, -0.2) is 0 Å². The van der Waals surface area contributed by atoms with E-state index in [2.05, 4.69) is 10.4 Å². The maximum Gasteiger partial charge on any atom is 0.251 e. The van der Waals surface area contributed by atoms with Crippen molar-refractivity contribution in [1.82, 2.24) is 15.1 Å². The molecule has 0 aliphatic heterocycles. The zero-order chi connectivity index (χ0) is 14.0. The van der Waals surface area contributed by atoms with Crippen molar-refractivity contribution in [3.05, 3.63) is 46.2 Å². The number of nitrogens with two attached hydrogens (primary N) is 1. The van der Waals surface area contributed by atoms with Crippen LogP contribution in [0.15, 0.2) is 24.4 Å². The van der Waals surface area contributed by atoms with Crippen molar-refractivity contribution in [1.29, 1.82) is 0 Å².